The molecule has 3 aromatic rings. The van der Waals surface area contributed by atoms with Crippen molar-refractivity contribution in [2.45, 2.75) is 56.7 Å². The Morgan fingerprint density at radius 1 is 1.00 bits per heavy atom. The van der Waals surface area contributed by atoms with Gasteiger partial charge >= 0.3 is 6.09 Å². The molecule has 42 heavy (non-hydrogen) atoms. The van der Waals surface area contributed by atoms with Crippen LogP contribution in [0.1, 0.15) is 48.7 Å². The lowest BCUT2D eigenvalue weighted by Gasteiger charge is -2.27. The second-order valence-corrected chi connectivity index (χ2v) is 13.4. The highest BCUT2D eigenvalue weighted by Gasteiger charge is 2.39. The third kappa shape index (κ3) is 7.68. The molecule has 1 aliphatic heterocycles. The number of nitrogens with zero attached hydrogens (tertiary/aromatic N) is 1. The van der Waals surface area contributed by atoms with Crippen LogP contribution in [0, 0.1) is 0 Å². The van der Waals surface area contributed by atoms with Crippen LogP contribution in [0.3, 0.4) is 0 Å². The maximum absolute atomic E-state index is 13.9. The molecule has 0 fully saturated rings. The second-order valence-electron chi connectivity index (χ2n) is 11.0. The molecule has 3 aromatic carbocycles. The summed E-state index contributed by atoms with van der Waals surface area (Å²) in [5.74, 6) is -0.819. The summed E-state index contributed by atoms with van der Waals surface area (Å²) in [6.45, 7) is 4.96. The predicted molar refractivity (Wildman–Crippen MR) is 160 cm³/mol. The fourth-order valence-corrected chi connectivity index (χ4v) is 6.27. The molecule has 2 amide bonds. The Kier molecular flexibility index (Phi) is 9.27. The molecule has 11 heteroatoms. The molecule has 0 bridgehead atoms. The van der Waals surface area contributed by atoms with E-state index in [4.69, 9.17) is 21.1 Å². The van der Waals surface area contributed by atoms with Crippen molar-refractivity contribution in [1.82, 2.24) is 5.32 Å². The van der Waals surface area contributed by atoms with Gasteiger partial charge in [0.15, 0.2) is 15.6 Å². The number of alkyl carbamates (subject to hydrolysis) is 1. The lowest BCUT2D eigenvalue weighted by Crippen LogP contribution is -2.51. The summed E-state index contributed by atoms with van der Waals surface area (Å²) in [6.07, 6.45) is -0.276. The molecule has 222 valence electrons. The number of benzene rings is 3. The zero-order valence-electron chi connectivity index (χ0n) is 23.8. The number of sulfone groups is 1. The van der Waals surface area contributed by atoms with Gasteiger partial charge in [-0.05, 0) is 80.8 Å². The third-order valence-corrected chi connectivity index (χ3v) is 8.64. The maximum Gasteiger partial charge on any atom is 0.408 e. The van der Waals surface area contributed by atoms with Crippen molar-refractivity contribution >= 4 is 44.9 Å². The number of hydrogen-bond acceptors (Lipinski definition) is 7. The van der Waals surface area contributed by atoms with Crippen LogP contribution in [0.25, 0.3) is 0 Å². The minimum Gasteiger partial charge on any atom is -0.497 e. The highest BCUT2D eigenvalue weighted by molar-refractivity contribution is 7.91. The molecule has 0 aromatic heterocycles. The summed E-state index contributed by atoms with van der Waals surface area (Å²) in [4.78, 5) is 40.9. The monoisotopic (exact) mass is 612 g/mol. The van der Waals surface area contributed by atoms with Gasteiger partial charge < -0.3 is 19.7 Å². The average Bonchev–Trinajstić information content (AvgIpc) is 3.00. The zero-order chi connectivity index (χ0) is 30.7. The highest BCUT2D eigenvalue weighted by atomic mass is 35.5. The number of carbonyl (C=O) groups is 3. The number of carbonyl (C=O) groups excluding carboxylic acids is 3. The van der Waals surface area contributed by atoms with Gasteiger partial charge in [-0.15, -0.1) is 0 Å². The normalized spacial score (nSPS) is 16.3. The number of anilines is 1. The van der Waals surface area contributed by atoms with Gasteiger partial charge in [0, 0.05) is 17.0 Å². The lowest BCUT2D eigenvalue weighted by atomic mass is 10.0. The van der Waals surface area contributed by atoms with Gasteiger partial charge in [0.25, 0.3) is 5.91 Å². The number of nitrogens with one attached hydrogen (secondary N) is 1. The van der Waals surface area contributed by atoms with Crippen molar-refractivity contribution in [2.24, 2.45) is 0 Å². The Morgan fingerprint density at radius 3 is 2.26 bits per heavy atom. The van der Waals surface area contributed by atoms with E-state index in [1.165, 1.54) is 23.1 Å². The fourth-order valence-electron chi connectivity index (χ4n) is 4.54. The number of amides is 2. The number of ether oxygens (including phenoxy) is 2. The second kappa shape index (κ2) is 12.5. The molecule has 1 heterocycles. The molecule has 9 nitrogen and oxygen atoms in total. The number of methoxy groups -OCH3 is 1. The van der Waals surface area contributed by atoms with Crippen molar-refractivity contribution in [3.63, 3.8) is 0 Å². The average molecular weight is 613 g/mol. The number of ketones is 1. The fraction of sp³-hybridized carbons (Fsp3) is 0.323. The Labute approximate surface area is 250 Å². The molecular weight excluding hydrogens is 580 g/mol. The molecule has 4 rings (SSSR count). The zero-order valence-corrected chi connectivity index (χ0v) is 25.4. The lowest BCUT2D eigenvalue weighted by molar-refractivity contribution is -0.120. The topological polar surface area (TPSA) is 119 Å². The van der Waals surface area contributed by atoms with Crippen molar-refractivity contribution in [2.75, 3.05) is 17.8 Å². The molecular formula is C31H33ClN2O7S. The van der Waals surface area contributed by atoms with Gasteiger partial charge in [-0.2, -0.15) is 0 Å². The van der Waals surface area contributed by atoms with E-state index in [1.807, 2.05) is 24.3 Å². The van der Waals surface area contributed by atoms with Crippen LogP contribution in [-0.4, -0.2) is 50.7 Å². The Balaban J connectivity index is 1.68. The first-order valence-corrected chi connectivity index (χ1v) is 15.4. The standard InChI is InChI=1S/C31H33ClN2O7S/c1-31(2,3)41-30(37)33-25-19-42(38,39)28-16-10-22(27(35)15-9-20-7-13-24(40-4)14-8-20)17-26(28)34(29(25)36)18-21-5-11-23(32)12-6-21/h5-8,10-14,16-17,25H,9,15,18-19H2,1-4H3,(H,33,37)/t25-/m0/s1. The van der Waals surface area contributed by atoms with Crippen LogP contribution in [-0.2, 0) is 32.3 Å². The van der Waals surface area contributed by atoms with Crippen LogP contribution in [0.2, 0.25) is 5.02 Å². The maximum atomic E-state index is 13.9. The first-order chi connectivity index (χ1) is 19.8. The number of rotatable bonds is 8. The smallest absolute Gasteiger partial charge is 0.408 e. The van der Waals surface area contributed by atoms with Crippen LogP contribution in [0.5, 0.6) is 5.75 Å². The largest absolute Gasteiger partial charge is 0.497 e. The number of hydrogen-bond donors (Lipinski definition) is 1. The van der Waals surface area contributed by atoms with E-state index in [9.17, 15) is 22.8 Å². The SMILES string of the molecule is COc1ccc(CCC(=O)c2ccc3c(c2)N(Cc2ccc(Cl)cc2)C(=O)[C@@H](NC(=O)OC(C)(C)C)CS3(=O)=O)cc1. The van der Waals surface area contributed by atoms with E-state index < -0.39 is 39.2 Å². The number of fused-ring (bicyclic) bond motifs is 1. The first kappa shape index (κ1) is 31.1. The van der Waals surface area contributed by atoms with Crippen LogP contribution in [0.4, 0.5) is 10.5 Å². The van der Waals surface area contributed by atoms with Crippen LogP contribution in [0.15, 0.2) is 71.6 Å². The van der Waals surface area contributed by atoms with Gasteiger partial charge in [0.2, 0.25) is 0 Å². The molecule has 0 saturated heterocycles. The summed E-state index contributed by atoms with van der Waals surface area (Å²) < 4.78 is 37.5. The number of halogens is 1. The van der Waals surface area contributed by atoms with Crippen molar-refractivity contribution in [3.8, 4) is 5.75 Å². The van der Waals surface area contributed by atoms with E-state index in [0.717, 1.165) is 5.56 Å². The molecule has 1 aliphatic rings. The molecule has 0 aliphatic carbocycles. The Morgan fingerprint density at radius 2 is 1.64 bits per heavy atom. The molecule has 0 spiro atoms. The summed E-state index contributed by atoms with van der Waals surface area (Å²) in [7, 11) is -2.49. The van der Waals surface area contributed by atoms with Crippen LogP contribution < -0.4 is 15.0 Å². The quantitative estimate of drug-likeness (QED) is 0.339. The predicted octanol–water partition coefficient (Wildman–Crippen LogP) is 5.38. The van der Waals surface area contributed by atoms with E-state index in [2.05, 4.69) is 5.32 Å². The highest BCUT2D eigenvalue weighted by Crippen LogP contribution is 2.33. The minimum atomic E-state index is -4.06. The van der Waals surface area contributed by atoms with Crippen molar-refractivity contribution in [3.05, 3.63) is 88.4 Å². The van der Waals surface area contributed by atoms with E-state index >= 15 is 0 Å². The summed E-state index contributed by atoms with van der Waals surface area (Å²) in [5, 5.41) is 2.93. The molecule has 0 saturated carbocycles. The summed E-state index contributed by atoms with van der Waals surface area (Å²) >= 11 is 6.04. The van der Waals surface area contributed by atoms with Crippen molar-refractivity contribution < 1.29 is 32.3 Å². The third-order valence-electron chi connectivity index (χ3n) is 6.60. The molecule has 1 atom stereocenters. The number of Topliss-reactive ketones (excluding diaryl/α,β-unsaturated/α-hetero) is 1. The van der Waals surface area contributed by atoms with E-state index in [0.29, 0.717) is 22.8 Å². The molecule has 0 unspecified atom stereocenters. The van der Waals surface area contributed by atoms with Gasteiger partial charge in [-0.3, -0.25) is 9.59 Å². The minimum absolute atomic E-state index is 0.0193. The Bertz CT molecular complexity index is 1580. The Hall–Kier alpha value is -3.89. The molecule has 0 radical (unpaired) electrons. The summed E-state index contributed by atoms with van der Waals surface area (Å²) in [5.41, 5.74) is 1.09. The van der Waals surface area contributed by atoms with Gasteiger partial charge in [-0.25, -0.2) is 13.2 Å². The van der Waals surface area contributed by atoms with Crippen LogP contribution >= 0.6 is 11.6 Å². The van der Waals surface area contributed by atoms with Gasteiger partial charge in [0.1, 0.15) is 17.4 Å². The van der Waals surface area contributed by atoms with E-state index in [1.54, 1.807) is 52.1 Å². The first-order valence-electron chi connectivity index (χ1n) is 13.3. The summed E-state index contributed by atoms with van der Waals surface area (Å²) in [6, 6.07) is 17.0. The molecule has 1 N–H and O–H groups in total. The van der Waals surface area contributed by atoms with Gasteiger partial charge in [-0.1, -0.05) is 35.9 Å². The van der Waals surface area contributed by atoms with Crippen molar-refractivity contribution in [1.29, 1.82) is 0 Å². The number of aryl methyl sites for hydroxylation is 1. The van der Waals surface area contributed by atoms with E-state index in [-0.39, 0.29) is 34.9 Å². The van der Waals surface area contributed by atoms with Gasteiger partial charge in [0.05, 0.1) is 30.0 Å².